The third kappa shape index (κ3) is 16.6. The topological polar surface area (TPSA) is 36.0 Å². The van der Waals surface area contributed by atoms with Crippen molar-refractivity contribution in [2.75, 3.05) is 18.1 Å². The van der Waals surface area contributed by atoms with E-state index in [1.165, 1.54) is 81.9 Å². The van der Waals surface area contributed by atoms with Gasteiger partial charge in [-0.1, -0.05) is 63.9 Å². The number of aryl methyl sites for hydroxylation is 1. The van der Waals surface area contributed by atoms with E-state index in [0.717, 1.165) is 12.2 Å². The van der Waals surface area contributed by atoms with Crippen LogP contribution in [0.25, 0.3) is 0 Å². The fourth-order valence-corrected chi connectivity index (χ4v) is 3.69. The summed E-state index contributed by atoms with van der Waals surface area (Å²) < 4.78 is 0. The average molecular weight is 376 g/mol. The van der Waals surface area contributed by atoms with E-state index < -0.39 is 0 Å². The molecule has 1 heterocycles. The van der Waals surface area contributed by atoms with Crippen LogP contribution in [0.1, 0.15) is 76.2 Å². The SMILES string of the molecule is [K+].[O-]CCCSCCCCCCCCCCCCc1cccnc1. The minimum Gasteiger partial charge on any atom is -0.854 e. The second-order valence-corrected chi connectivity index (χ2v) is 7.54. The fourth-order valence-electron chi connectivity index (χ4n) is 2.76. The van der Waals surface area contributed by atoms with E-state index in [0.29, 0.717) is 0 Å². The largest absolute Gasteiger partial charge is 1.00 e. The van der Waals surface area contributed by atoms with Gasteiger partial charge in [-0.25, -0.2) is 0 Å². The smallest absolute Gasteiger partial charge is 0.854 e. The van der Waals surface area contributed by atoms with Crippen molar-refractivity contribution in [2.45, 2.75) is 77.0 Å². The number of pyridine rings is 1. The Kier molecular flexibility index (Phi) is 21.3. The van der Waals surface area contributed by atoms with Crippen LogP contribution in [0.4, 0.5) is 0 Å². The maximum Gasteiger partial charge on any atom is 1.00 e. The molecule has 0 N–H and O–H groups in total. The Labute approximate surface area is 196 Å². The van der Waals surface area contributed by atoms with E-state index >= 15 is 0 Å². The Hall–Kier alpha value is 1.10. The Bertz CT molecular complexity index is 351. The van der Waals surface area contributed by atoms with Gasteiger partial charge in [-0.2, -0.15) is 11.8 Å². The Morgan fingerprint density at radius 1 is 0.792 bits per heavy atom. The van der Waals surface area contributed by atoms with Gasteiger partial charge in [-0.15, -0.1) is 6.61 Å². The second kappa shape index (κ2) is 20.4. The average Bonchev–Trinajstić information content (AvgIpc) is 2.59. The molecule has 4 heteroatoms. The van der Waals surface area contributed by atoms with E-state index in [-0.39, 0.29) is 58.0 Å². The molecule has 0 saturated heterocycles. The van der Waals surface area contributed by atoms with Gasteiger partial charge < -0.3 is 5.11 Å². The number of hydrogen-bond acceptors (Lipinski definition) is 3. The zero-order valence-electron chi connectivity index (χ0n) is 15.7. The predicted molar refractivity (Wildman–Crippen MR) is 101 cm³/mol. The van der Waals surface area contributed by atoms with Crippen LogP contribution in [-0.2, 0) is 6.42 Å². The molecule has 0 aromatic carbocycles. The molecule has 0 radical (unpaired) electrons. The van der Waals surface area contributed by atoms with Crippen LogP contribution in [0.15, 0.2) is 24.5 Å². The zero-order chi connectivity index (χ0) is 16.4. The number of aromatic nitrogens is 1. The molecule has 0 aliphatic heterocycles. The third-order valence-corrected chi connectivity index (χ3v) is 5.31. The van der Waals surface area contributed by atoms with Crippen molar-refractivity contribution < 1.29 is 56.5 Å². The van der Waals surface area contributed by atoms with Crippen molar-refractivity contribution in [3.63, 3.8) is 0 Å². The normalized spacial score (nSPS) is 10.5. The van der Waals surface area contributed by atoms with E-state index in [4.69, 9.17) is 0 Å². The zero-order valence-corrected chi connectivity index (χ0v) is 19.6. The predicted octanol–water partition coefficient (Wildman–Crippen LogP) is 2.01. The molecule has 1 aromatic rings. The van der Waals surface area contributed by atoms with Gasteiger partial charge in [0.1, 0.15) is 0 Å². The van der Waals surface area contributed by atoms with Crippen molar-refractivity contribution in [3.8, 4) is 0 Å². The van der Waals surface area contributed by atoms with Crippen LogP contribution in [0, 0.1) is 0 Å². The number of hydrogen-bond donors (Lipinski definition) is 0. The number of rotatable bonds is 16. The summed E-state index contributed by atoms with van der Waals surface area (Å²) in [5, 5.41) is 10.3. The number of unbranched alkanes of at least 4 members (excludes halogenated alkanes) is 9. The summed E-state index contributed by atoms with van der Waals surface area (Å²) in [6.45, 7) is 0.0937. The van der Waals surface area contributed by atoms with Gasteiger partial charge in [0.2, 0.25) is 0 Å². The molecule has 1 rings (SSSR count). The fraction of sp³-hybridized carbons (Fsp3) is 0.750. The van der Waals surface area contributed by atoms with Gasteiger partial charge in [0.05, 0.1) is 0 Å². The van der Waals surface area contributed by atoms with Crippen molar-refractivity contribution in [3.05, 3.63) is 30.1 Å². The van der Waals surface area contributed by atoms with Gasteiger partial charge in [0.25, 0.3) is 0 Å². The van der Waals surface area contributed by atoms with Crippen LogP contribution in [0.2, 0.25) is 0 Å². The van der Waals surface area contributed by atoms with Crippen molar-refractivity contribution in [1.29, 1.82) is 0 Å². The molecule has 0 fully saturated rings. The van der Waals surface area contributed by atoms with Gasteiger partial charge in [-0.05, 0) is 42.4 Å². The molecule has 2 nitrogen and oxygen atoms in total. The molecule has 0 atom stereocenters. The van der Waals surface area contributed by atoms with Crippen molar-refractivity contribution in [1.82, 2.24) is 4.98 Å². The molecular weight excluding hydrogens is 341 g/mol. The van der Waals surface area contributed by atoms with Gasteiger partial charge >= 0.3 is 51.4 Å². The van der Waals surface area contributed by atoms with Gasteiger partial charge in [0, 0.05) is 12.4 Å². The van der Waals surface area contributed by atoms with E-state index in [9.17, 15) is 5.11 Å². The van der Waals surface area contributed by atoms with Crippen LogP contribution in [0.3, 0.4) is 0 Å². The first-order valence-electron chi connectivity index (χ1n) is 9.48. The Morgan fingerprint density at radius 3 is 1.96 bits per heavy atom. The summed E-state index contributed by atoms with van der Waals surface area (Å²) in [7, 11) is 0. The van der Waals surface area contributed by atoms with Gasteiger partial charge in [0.15, 0.2) is 0 Å². The van der Waals surface area contributed by atoms with E-state index in [1.54, 1.807) is 0 Å². The van der Waals surface area contributed by atoms with Crippen LogP contribution in [-0.4, -0.2) is 23.1 Å². The quantitative estimate of drug-likeness (QED) is 0.328. The minimum absolute atomic E-state index is 0. The monoisotopic (exact) mass is 375 g/mol. The molecule has 0 aliphatic carbocycles. The summed E-state index contributed by atoms with van der Waals surface area (Å²) in [6, 6.07) is 4.20. The summed E-state index contributed by atoms with van der Waals surface area (Å²) in [5.41, 5.74) is 1.37. The molecule has 0 amide bonds. The molecule has 0 saturated carbocycles. The standard InChI is InChI=1S/C20H34NOS.K/c22-16-12-18-23-17-10-8-6-4-2-1-3-5-7-9-13-20-14-11-15-21-19-20;/h11,14-15,19H,1-10,12-13,16-18H2;/q-1;+1. The first kappa shape index (κ1) is 25.1. The second-order valence-electron chi connectivity index (χ2n) is 6.32. The Balaban J connectivity index is 0.00000529. The third-order valence-electron chi connectivity index (χ3n) is 4.16. The molecule has 0 bridgehead atoms. The summed E-state index contributed by atoms with van der Waals surface area (Å²) in [6.07, 6.45) is 19.6. The molecule has 0 spiro atoms. The molecule has 0 aliphatic rings. The van der Waals surface area contributed by atoms with Gasteiger partial charge in [-0.3, -0.25) is 4.98 Å². The molecule has 1 aromatic heterocycles. The summed E-state index contributed by atoms with van der Waals surface area (Å²) in [4.78, 5) is 4.16. The van der Waals surface area contributed by atoms with Crippen LogP contribution >= 0.6 is 11.8 Å². The van der Waals surface area contributed by atoms with Crippen LogP contribution < -0.4 is 56.5 Å². The maximum absolute atomic E-state index is 10.3. The number of nitrogens with zero attached hydrogens (tertiary/aromatic N) is 1. The molecule has 0 unspecified atom stereocenters. The van der Waals surface area contributed by atoms with Crippen molar-refractivity contribution in [2.24, 2.45) is 0 Å². The summed E-state index contributed by atoms with van der Waals surface area (Å²) >= 11 is 1.95. The first-order valence-corrected chi connectivity index (χ1v) is 10.6. The molecular formula is C20H34KNOS. The van der Waals surface area contributed by atoms with Crippen molar-refractivity contribution >= 4 is 11.8 Å². The summed E-state index contributed by atoms with van der Waals surface area (Å²) in [5.74, 6) is 2.31. The maximum atomic E-state index is 10.3. The van der Waals surface area contributed by atoms with E-state index in [2.05, 4.69) is 11.1 Å². The molecule has 132 valence electrons. The number of thioether (sulfide) groups is 1. The minimum atomic E-state index is 0. The first-order chi connectivity index (χ1) is 11.4. The molecule has 24 heavy (non-hydrogen) atoms. The Morgan fingerprint density at radius 2 is 1.38 bits per heavy atom. The van der Waals surface area contributed by atoms with E-state index in [1.807, 2.05) is 30.2 Å². The van der Waals surface area contributed by atoms with Crippen LogP contribution in [0.5, 0.6) is 0 Å².